The highest BCUT2D eigenvalue weighted by Crippen LogP contribution is 2.14. The standard InChI is InChI=1S/C13H18F2N2O2/c1-19-9-8-17(7-3-6-16)13(18)10-4-2-5-11(14)12(10)15/h2,4-5H,3,6-9,16H2,1H3. The fourth-order valence-electron chi connectivity index (χ4n) is 1.64. The van der Waals surface area contributed by atoms with Crippen LogP contribution in [0.3, 0.4) is 0 Å². The maximum atomic E-state index is 13.6. The van der Waals surface area contributed by atoms with Crippen molar-refractivity contribution in [1.82, 2.24) is 4.90 Å². The third-order valence-corrected chi connectivity index (χ3v) is 2.67. The Morgan fingerprint density at radius 1 is 1.37 bits per heavy atom. The smallest absolute Gasteiger partial charge is 0.257 e. The minimum absolute atomic E-state index is 0.270. The van der Waals surface area contributed by atoms with Gasteiger partial charge in [-0.05, 0) is 25.1 Å². The van der Waals surface area contributed by atoms with Crippen molar-refractivity contribution in [2.75, 3.05) is 33.4 Å². The van der Waals surface area contributed by atoms with Crippen LogP contribution in [0.15, 0.2) is 18.2 Å². The van der Waals surface area contributed by atoms with Crippen molar-refractivity contribution in [2.24, 2.45) is 5.73 Å². The van der Waals surface area contributed by atoms with E-state index in [1.165, 1.54) is 24.1 Å². The Labute approximate surface area is 111 Å². The van der Waals surface area contributed by atoms with Gasteiger partial charge in [-0.2, -0.15) is 0 Å². The number of amides is 1. The predicted octanol–water partition coefficient (Wildman–Crippen LogP) is 1.40. The van der Waals surface area contributed by atoms with E-state index in [0.717, 1.165) is 6.07 Å². The summed E-state index contributed by atoms with van der Waals surface area (Å²) in [7, 11) is 1.51. The third-order valence-electron chi connectivity index (χ3n) is 2.67. The van der Waals surface area contributed by atoms with E-state index in [0.29, 0.717) is 32.7 Å². The molecule has 0 unspecified atom stereocenters. The van der Waals surface area contributed by atoms with Crippen LogP contribution in [0.25, 0.3) is 0 Å². The van der Waals surface area contributed by atoms with Gasteiger partial charge in [0, 0.05) is 20.2 Å². The molecule has 0 saturated carbocycles. The molecule has 1 aromatic rings. The molecule has 0 aliphatic heterocycles. The summed E-state index contributed by atoms with van der Waals surface area (Å²) < 4.78 is 31.6. The Kier molecular flexibility index (Phi) is 6.38. The van der Waals surface area contributed by atoms with Gasteiger partial charge >= 0.3 is 0 Å². The van der Waals surface area contributed by atoms with Crippen LogP contribution in [0, 0.1) is 11.6 Å². The van der Waals surface area contributed by atoms with Gasteiger partial charge in [-0.1, -0.05) is 6.07 Å². The maximum absolute atomic E-state index is 13.6. The molecule has 19 heavy (non-hydrogen) atoms. The third kappa shape index (κ3) is 4.25. The monoisotopic (exact) mass is 272 g/mol. The Morgan fingerprint density at radius 3 is 2.74 bits per heavy atom. The molecule has 0 aliphatic carbocycles. The molecule has 0 aliphatic rings. The number of ether oxygens (including phenoxy) is 1. The van der Waals surface area contributed by atoms with Gasteiger partial charge in [-0.15, -0.1) is 0 Å². The van der Waals surface area contributed by atoms with Gasteiger partial charge in [0.25, 0.3) is 5.91 Å². The van der Waals surface area contributed by atoms with Crippen LogP contribution in [0.2, 0.25) is 0 Å². The first-order valence-corrected chi connectivity index (χ1v) is 6.04. The zero-order valence-corrected chi connectivity index (χ0v) is 10.9. The van der Waals surface area contributed by atoms with Crippen molar-refractivity contribution in [3.05, 3.63) is 35.4 Å². The molecule has 6 heteroatoms. The Morgan fingerprint density at radius 2 is 2.11 bits per heavy atom. The van der Waals surface area contributed by atoms with E-state index < -0.39 is 17.5 Å². The summed E-state index contributed by atoms with van der Waals surface area (Å²) in [6.07, 6.45) is 0.590. The average Bonchev–Trinajstić information content (AvgIpc) is 2.41. The molecule has 1 amide bonds. The second kappa shape index (κ2) is 7.81. The minimum atomic E-state index is -1.12. The van der Waals surface area contributed by atoms with E-state index >= 15 is 0 Å². The highest BCUT2D eigenvalue weighted by molar-refractivity contribution is 5.94. The number of nitrogens with zero attached hydrogens (tertiary/aromatic N) is 1. The van der Waals surface area contributed by atoms with Crippen LogP contribution < -0.4 is 5.73 Å². The second-order valence-electron chi connectivity index (χ2n) is 4.03. The van der Waals surface area contributed by atoms with E-state index in [4.69, 9.17) is 10.5 Å². The molecule has 0 atom stereocenters. The van der Waals surface area contributed by atoms with Gasteiger partial charge in [0.05, 0.1) is 12.2 Å². The summed E-state index contributed by atoms with van der Waals surface area (Å²) >= 11 is 0. The first kappa shape index (κ1) is 15.5. The van der Waals surface area contributed by atoms with Crippen molar-refractivity contribution in [2.45, 2.75) is 6.42 Å². The highest BCUT2D eigenvalue weighted by Gasteiger charge is 2.20. The summed E-state index contributed by atoms with van der Waals surface area (Å²) in [4.78, 5) is 13.6. The number of halogens is 2. The summed E-state index contributed by atoms with van der Waals surface area (Å²) in [5.74, 6) is -2.71. The van der Waals surface area contributed by atoms with Crippen LogP contribution in [0.4, 0.5) is 8.78 Å². The molecule has 106 valence electrons. The summed E-state index contributed by atoms with van der Waals surface area (Å²) in [5.41, 5.74) is 5.12. The summed E-state index contributed by atoms with van der Waals surface area (Å²) in [5, 5.41) is 0. The summed E-state index contributed by atoms with van der Waals surface area (Å²) in [6.45, 7) is 1.44. The van der Waals surface area contributed by atoms with E-state index in [2.05, 4.69) is 0 Å². The SMILES string of the molecule is COCCN(CCCN)C(=O)c1cccc(F)c1F. The van der Waals surface area contributed by atoms with Crippen molar-refractivity contribution in [3.63, 3.8) is 0 Å². The summed E-state index contributed by atoms with van der Waals surface area (Å²) in [6, 6.07) is 3.55. The molecule has 0 aromatic heterocycles. The van der Waals surface area contributed by atoms with E-state index in [1.54, 1.807) is 0 Å². The molecular weight excluding hydrogens is 254 g/mol. The quantitative estimate of drug-likeness (QED) is 0.816. The van der Waals surface area contributed by atoms with Gasteiger partial charge < -0.3 is 15.4 Å². The van der Waals surface area contributed by atoms with Gasteiger partial charge in [0.2, 0.25) is 0 Å². The topological polar surface area (TPSA) is 55.6 Å². The van der Waals surface area contributed by atoms with Crippen LogP contribution in [0.1, 0.15) is 16.8 Å². The molecule has 0 heterocycles. The van der Waals surface area contributed by atoms with Crippen LogP contribution in [-0.2, 0) is 4.74 Å². The fourth-order valence-corrected chi connectivity index (χ4v) is 1.64. The fraction of sp³-hybridized carbons (Fsp3) is 0.462. The van der Waals surface area contributed by atoms with Gasteiger partial charge in [-0.25, -0.2) is 8.78 Å². The number of carbonyl (C=O) groups excluding carboxylic acids is 1. The molecule has 0 fully saturated rings. The zero-order chi connectivity index (χ0) is 14.3. The lowest BCUT2D eigenvalue weighted by molar-refractivity contribution is 0.0689. The largest absolute Gasteiger partial charge is 0.383 e. The molecule has 2 N–H and O–H groups in total. The molecule has 4 nitrogen and oxygen atoms in total. The average molecular weight is 272 g/mol. The van der Waals surface area contributed by atoms with Gasteiger partial charge in [-0.3, -0.25) is 4.79 Å². The number of rotatable bonds is 7. The van der Waals surface area contributed by atoms with Crippen molar-refractivity contribution >= 4 is 5.91 Å². The first-order valence-electron chi connectivity index (χ1n) is 6.04. The first-order chi connectivity index (χ1) is 9.11. The molecular formula is C13H18F2N2O2. The number of benzene rings is 1. The van der Waals surface area contributed by atoms with Crippen molar-refractivity contribution in [3.8, 4) is 0 Å². The molecule has 0 saturated heterocycles. The number of hydrogen-bond donors (Lipinski definition) is 1. The number of nitrogens with two attached hydrogens (primary N) is 1. The van der Waals surface area contributed by atoms with Gasteiger partial charge in [0.1, 0.15) is 0 Å². The van der Waals surface area contributed by atoms with Crippen LogP contribution >= 0.6 is 0 Å². The highest BCUT2D eigenvalue weighted by atomic mass is 19.2. The number of methoxy groups -OCH3 is 1. The molecule has 1 aromatic carbocycles. The molecule has 0 bridgehead atoms. The lowest BCUT2D eigenvalue weighted by atomic mass is 10.1. The second-order valence-corrected chi connectivity index (χ2v) is 4.03. The normalized spacial score (nSPS) is 10.5. The Balaban J connectivity index is 2.87. The molecule has 0 radical (unpaired) electrons. The van der Waals surface area contributed by atoms with Crippen molar-refractivity contribution in [1.29, 1.82) is 0 Å². The van der Waals surface area contributed by atoms with Crippen LogP contribution in [-0.4, -0.2) is 44.2 Å². The zero-order valence-electron chi connectivity index (χ0n) is 10.9. The van der Waals surface area contributed by atoms with E-state index in [1.807, 2.05) is 0 Å². The van der Waals surface area contributed by atoms with Gasteiger partial charge in [0.15, 0.2) is 11.6 Å². The number of hydrogen-bond acceptors (Lipinski definition) is 3. The lowest BCUT2D eigenvalue weighted by Crippen LogP contribution is -2.36. The minimum Gasteiger partial charge on any atom is -0.383 e. The van der Waals surface area contributed by atoms with Crippen LogP contribution in [0.5, 0.6) is 0 Å². The molecule has 0 spiro atoms. The Bertz CT molecular complexity index is 419. The van der Waals surface area contributed by atoms with E-state index in [9.17, 15) is 13.6 Å². The predicted molar refractivity (Wildman–Crippen MR) is 67.8 cm³/mol. The Hall–Kier alpha value is -1.53. The number of carbonyl (C=O) groups is 1. The molecule has 1 rings (SSSR count). The lowest BCUT2D eigenvalue weighted by Gasteiger charge is -2.22. The van der Waals surface area contributed by atoms with E-state index in [-0.39, 0.29) is 5.56 Å². The maximum Gasteiger partial charge on any atom is 0.257 e. The van der Waals surface area contributed by atoms with Crippen molar-refractivity contribution < 1.29 is 18.3 Å².